The molecule has 1 amide bonds. The predicted octanol–water partition coefficient (Wildman–Crippen LogP) is 1.87. The average molecular weight is 277 g/mol. The van der Waals surface area contributed by atoms with E-state index in [0.717, 1.165) is 12.8 Å². The van der Waals surface area contributed by atoms with E-state index in [1.165, 1.54) is 13.2 Å². The zero-order chi connectivity index (χ0) is 14.7. The summed E-state index contributed by atoms with van der Waals surface area (Å²) in [6.07, 6.45) is 2.43. The Morgan fingerprint density at radius 2 is 2.10 bits per heavy atom. The normalized spacial score (nSPS) is 18.7. The zero-order valence-corrected chi connectivity index (χ0v) is 11.8. The maximum absolute atomic E-state index is 12.6. The average Bonchev–Trinajstić information content (AvgIpc) is 2.46. The van der Waals surface area contributed by atoms with E-state index in [2.05, 4.69) is 0 Å². The highest BCUT2D eigenvalue weighted by Gasteiger charge is 2.33. The van der Waals surface area contributed by atoms with Gasteiger partial charge in [0.05, 0.1) is 7.11 Å². The molecule has 1 aliphatic heterocycles. The molecule has 0 aromatic heterocycles. The van der Waals surface area contributed by atoms with Crippen LogP contribution in [0.1, 0.15) is 35.2 Å². The van der Waals surface area contributed by atoms with Gasteiger partial charge in [-0.05, 0) is 49.9 Å². The molecule has 1 N–H and O–H groups in total. The van der Waals surface area contributed by atoms with Crippen molar-refractivity contribution in [3.63, 3.8) is 0 Å². The second kappa shape index (κ2) is 5.94. The highest BCUT2D eigenvalue weighted by atomic mass is 16.5. The number of aromatic hydroxyl groups is 1. The molecular formula is C15H19NO4. The van der Waals surface area contributed by atoms with Crippen LogP contribution in [0, 0.1) is 6.92 Å². The minimum Gasteiger partial charge on any atom is -0.508 e. The van der Waals surface area contributed by atoms with Crippen LogP contribution in [0.15, 0.2) is 18.2 Å². The topological polar surface area (TPSA) is 66.8 Å². The third-order valence-electron chi connectivity index (χ3n) is 3.68. The van der Waals surface area contributed by atoms with Gasteiger partial charge >= 0.3 is 5.97 Å². The summed E-state index contributed by atoms with van der Waals surface area (Å²) in [6.45, 7) is 2.32. The molecule has 5 nitrogen and oxygen atoms in total. The highest BCUT2D eigenvalue weighted by Crippen LogP contribution is 2.23. The second-order valence-electron chi connectivity index (χ2n) is 5.03. The standard InChI is InChI=1S/C15H19NO4/c1-10-9-11(17)6-7-12(10)14(18)16-8-4-3-5-13(16)15(19)20-2/h6-7,9,13,17H,3-5,8H2,1-2H3. The third kappa shape index (κ3) is 2.76. The molecule has 1 heterocycles. The Hall–Kier alpha value is -2.04. The Morgan fingerprint density at radius 3 is 2.75 bits per heavy atom. The van der Waals surface area contributed by atoms with Crippen molar-refractivity contribution < 1.29 is 19.4 Å². The van der Waals surface area contributed by atoms with E-state index >= 15 is 0 Å². The third-order valence-corrected chi connectivity index (χ3v) is 3.68. The number of phenolic OH excluding ortho intramolecular Hbond substituents is 1. The summed E-state index contributed by atoms with van der Waals surface area (Å²) in [5.41, 5.74) is 1.21. The first kappa shape index (κ1) is 14.4. The quantitative estimate of drug-likeness (QED) is 0.838. The minimum atomic E-state index is -0.505. The maximum Gasteiger partial charge on any atom is 0.328 e. The van der Waals surface area contributed by atoms with E-state index < -0.39 is 6.04 Å². The molecule has 1 fully saturated rings. The number of rotatable bonds is 2. The number of amides is 1. The van der Waals surface area contributed by atoms with Gasteiger partial charge in [-0.3, -0.25) is 4.79 Å². The van der Waals surface area contributed by atoms with Crippen LogP contribution in [-0.2, 0) is 9.53 Å². The van der Waals surface area contributed by atoms with Crippen molar-refractivity contribution in [3.8, 4) is 5.75 Å². The number of aryl methyl sites for hydroxylation is 1. The number of carbonyl (C=O) groups is 2. The molecule has 0 bridgehead atoms. The van der Waals surface area contributed by atoms with Crippen LogP contribution in [0.3, 0.4) is 0 Å². The summed E-state index contributed by atoms with van der Waals surface area (Å²) in [5, 5.41) is 9.41. The van der Waals surface area contributed by atoms with Crippen LogP contribution in [0.5, 0.6) is 5.75 Å². The van der Waals surface area contributed by atoms with E-state index in [1.807, 2.05) is 0 Å². The first-order chi connectivity index (χ1) is 9.54. The number of ether oxygens (including phenoxy) is 1. The monoisotopic (exact) mass is 277 g/mol. The Labute approximate surface area is 118 Å². The molecule has 1 aromatic carbocycles. The molecule has 0 spiro atoms. The van der Waals surface area contributed by atoms with Gasteiger partial charge in [-0.2, -0.15) is 0 Å². The van der Waals surface area contributed by atoms with Crippen molar-refractivity contribution in [2.75, 3.05) is 13.7 Å². The molecule has 0 aliphatic carbocycles. The number of hydrogen-bond acceptors (Lipinski definition) is 4. The highest BCUT2D eigenvalue weighted by molar-refractivity contribution is 5.98. The molecule has 0 saturated carbocycles. The van der Waals surface area contributed by atoms with Crippen molar-refractivity contribution >= 4 is 11.9 Å². The van der Waals surface area contributed by atoms with E-state index in [-0.39, 0.29) is 17.6 Å². The lowest BCUT2D eigenvalue weighted by molar-refractivity contribution is -0.147. The number of nitrogens with zero attached hydrogens (tertiary/aromatic N) is 1. The number of methoxy groups -OCH3 is 1. The molecule has 1 aromatic rings. The Bertz CT molecular complexity index is 527. The number of hydrogen-bond donors (Lipinski definition) is 1. The number of likely N-dealkylation sites (tertiary alicyclic amines) is 1. The van der Waals surface area contributed by atoms with Gasteiger partial charge in [0.2, 0.25) is 0 Å². The first-order valence-electron chi connectivity index (χ1n) is 6.73. The molecule has 0 radical (unpaired) electrons. The molecule has 20 heavy (non-hydrogen) atoms. The predicted molar refractivity (Wildman–Crippen MR) is 73.5 cm³/mol. The summed E-state index contributed by atoms with van der Waals surface area (Å²) in [6, 6.07) is 4.12. The lowest BCUT2D eigenvalue weighted by atomic mass is 9.99. The van der Waals surface area contributed by atoms with Crippen LogP contribution < -0.4 is 0 Å². The van der Waals surface area contributed by atoms with Crippen LogP contribution in [0.2, 0.25) is 0 Å². The lowest BCUT2D eigenvalue weighted by Crippen LogP contribution is -2.48. The smallest absolute Gasteiger partial charge is 0.328 e. The molecule has 5 heteroatoms. The van der Waals surface area contributed by atoms with Crippen molar-refractivity contribution in [2.45, 2.75) is 32.2 Å². The summed E-state index contributed by atoms with van der Waals surface area (Å²) in [5.74, 6) is -0.422. The number of carbonyl (C=O) groups excluding carboxylic acids is 2. The van der Waals surface area contributed by atoms with Crippen molar-refractivity contribution in [1.29, 1.82) is 0 Å². The van der Waals surface area contributed by atoms with Gasteiger partial charge in [-0.1, -0.05) is 0 Å². The molecule has 1 saturated heterocycles. The van der Waals surface area contributed by atoms with Crippen molar-refractivity contribution in [2.24, 2.45) is 0 Å². The summed E-state index contributed by atoms with van der Waals surface area (Å²) >= 11 is 0. The van der Waals surface area contributed by atoms with Crippen molar-refractivity contribution in [3.05, 3.63) is 29.3 Å². The van der Waals surface area contributed by atoms with Crippen LogP contribution in [0.4, 0.5) is 0 Å². The van der Waals surface area contributed by atoms with Gasteiger partial charge in [-0.15, -0.1) is 0 Å². The van der Waals surface area contributed by atoms with Gasteiger partial charge in [0.15, 0.2) is 0 Å². The largest absolute Gasteiger partial charge is 0.508 e. The minimum absolute atomic E-state index is 0.127. The summed E-state index contributed by atoms with van der Waals surface area (Å²) in [7, 11) is 1.34. The number of piperidine rings is 1. The van der Waals surface area contributed by atoms with Crippen LogP contribution >= 0.6 is 0 Å². The molecule has 108 valence electrons. The number of phenols is 1. The van der Waals surface area contributed by atoms with Gasteiger partial charge in [-0.25, -0.2) is 4.79 Å². The van der Waals surface area contributed by atoms with Crippen LogP contribution in [-0.4, -0.2) is 41.6 Å². The van der Waals surface area contributed by atoms with Crippen LogP contribution in [0.25, 0.3) is 0 Å². The molecule has 1 aliphatic rings. The van der Waals surface area contributed by atoms with Gasteiger partial charge < -0.3 is 14.7 Å². The molecule has 1 atom stereocenters. The lowest BCUT2D eigenvalue weighted by Gasteiger charge is -2.34. The summed E-state index contributed by atoms with van der Waals surface area (Å²) in [4.78, 5) is 26.0. The molecule has 1 unspecified atom stereocenters. The number of esters is 1. The number of benzene rings is 1. The molecular weight excluding hydrogens is 258 g/mol. The van der Waals surface area contributed by atoms with Gasteiger partial charge in [0, 0.05) is 12.1 Å². The van der Waals surface area contributed by atoms with E-state index in [4.69, 9.17) is 4.74 Å². The second-order valence-corrected chi connectivity index (χ2v) is 5.03. The summed E-state index contributed by atoms with van der Waals surface area (Å²) < 4.78 is 4.78. The van der Waals surface area contributed by atoms with E-state index in [1.54, 1.807) is 24.0 Å². The van der Waals surface area contributed by atoms with E-state index in [9.17, 15) is 14.7 Å². The SMILES string of the molecule is COC(=O)C1CCCCN1C(=O)c1ccc(O)cc1C. The Kier molecular flexibility index (Phi) is 4.27. The van der Waals surface area contributed by atoms with Crippen molar-refractivity contribution in [1.82, 2.24) is 4.90 Å². The fourth-order valence-corrected chi connectivity index (χ4v) is 2.60. The van der Waals surface area contributed by atoms with E-state index in [0.29, 0.717) is 24.1 Å². The van der Waals surface area contributed by atoms with Gasteiger partial charge in [0.25, 0.3) is 5.91 Å². The first-order valence-corrected chi connectivity index (χ1v) is 6.73. The molecule has 2 rings (SSSR count). The van der Waals surface area contributed by atoms with Gasteiger partial charge in [0.1, 0.15) is 11.8 Å². The Morgan fingerprint density at radius 1 is 1.35 bits per heavy atom. The fourth-order valence-electron chi connectivity index (χ4n) is 2.60. The fraction of sp³-hybridized carbons (Fsp3) is 0.467. The zero-order valence-electron chi connectivity index (χ0n) is 11.8. The maximum atomic E-state index is 12.6. The Balaban J connectivity index is 2.27.